The van der Waals surface area contributed by atoms with Gasteiger partial charge in [-0.25, -0.2) is 9.97 Å². The van der Waals surface area contributed by atoms with Crippen LogP contribution in [0.15, 0.2) is 6.33 Å². The third-order valence-electron chi connectivity index (χ3n) is 3.30. The second kappa shape index (κ2) is 5.58. The number of nitrogens with one attached hydrogen (secondary N) is 1. The second-order valence-electron chi connectivity index (χ2n) is 4.26. The molecular formula is C12H20N4S. The molecule has 1 fully saturated rings. The van der Waals surface area contributed by atoms with Crippen LogP contribution in [0.3, 0.4) is 0 Å². The van der Waals surface area contributed by atoms with Crippen molar-refractivity contribution >= 4 is 23.4 Å². The molecule has 0 aliphatic carbocycles. The molecule has 1 aromatic rings. The summed E-state index contributed by atoms with van der Waals surface area (Å²) in [6.45, 7) is 2.15. The SMILES string of the molecule is CCc1c(NC)ncnc1N(C)C1CCSC1. The Bertz CT molecular complexity index is 377. The van der Waals surface area contributed by atoms with Crippen LogP contribution in [0, 0.1) is 0 Å². The first-order chi connectivity index (χ1) is 8.27. The van der Waals surface area contributed by atoms with E-state index in [-0.39, 0.29) is 0 Å². The van der Waals surface area contributed by atoms with Crippen molar-refractivity contribution in [1.29, 1.82) is 0 Å². The fourth-order valence-electron chi connectivity index (χ4n) is 2.25. The van der Waals surface area contributed by atoms with Crippen molar-refractivity contribution in [1.82, 2.24) is 9.97 Å². The van der Waals surface area contributed by atoms with Gasteiger partial charge >= 0.3 is 0 Å². The van der Waals surface area contributed by atoms with E-state index in [1.165, 1.54) is 23.5 Å². The molecule has 1 saturated heterocycles. The maximum absolute atomic E-state index is 4.47. The van der Waals surface area contributed by atoms with Crippen LogP contribution in [-0.2, 0) is 6.42 Å². The third kappa shape index (κ3) is 2.49. The zero-order valence-electron chi connectivity index (χ0n) is 10.7. The zero-order chi connectivity index (χ0) is 12.3. The average molecular weight is 252 g/mol. The molecule has 2 rings (SSSR count). The van der Waals surface area contributed by atoms with Crippen molar-refractivity contribution in [2.24, 2.45) is 0 Å². The smallest absolute Gasteiger partial charge is 0.137 e. The Morgan fingerprint density at radius 2 is 2.35 bits per heavy atom. The molecule has 0 amide bonds. The van der Waals surface area contributed by atoms with E-state index in [4.69, 9.17) is 0 Å². The molecule has 1 atom stereocenters. The molecule has 0 radical (unpaired) electrons. The Hall–Kier alpha value is -0.970. The highest BCUT2D eigenvalue weighted by molar-refractivity contribution is 7.99. The third-order valence-corrected chi connectivity index (χ3v) is 4.45. The standard InChI is InChI=1S/C12H20N4S/c1-4-10-11(13-2)14-8-15-12(10)16(3)9-5-6-17-7-9/h8-9H,4-7H2,1-3H3,(H,13,14,15). The van der Waals surface area contributed by atoms with Gasteiger partial charge in [-0.3, -0.25) is 0 Å². The summed E-state index contributed by atoms with van der Waals surface area (Å²) in [5, 5.41) is 3.15. The Morgan fingerprint density at radius 3 is 2.94 bits per heavy atom. The lowest BCUT2D eigenvalue weighted by Crippen LogP contribution is -2.33. The molecular weight excluding hydrogens is 232 g/mol. The summed E-state index contributed by atoms with van der Waals surface area (Å²) in [6.07, 6.45) is 3.86. The van der Waals surface area contributed by atoms with Crippen LogP contribution in [0.1, 0.15) is 18.9 Å². The molecule has 0 spiro atoms. The van der Waals surface area contributed by atoms with Gasteiger partial charge in [-0.1, -0.05) is 6.92 Å². The molecule has 4 nitrogen and oxygen atoms in total. The van der Waals surface area contributed by atoms with Crippen molar-refractivity contribution in [2.45, 2.75) is 25.8 Å². The Morgan fingerprint density at radius 1 is 1.53 bits per heavy atom. The first kappa shape index (κ1) is 12.5. The van der Waals surface area contributed by atoms with E-state index >= 15 is 0 Å². The van der Waals surface area contributed by atoms with Crippen molar-refractivity contribution < 1.29 is 0 Å². The number of thioether (sulfide) groups is 1. The van der Waals surface area contributed by atoms with Crippen LogP contribution in [-0.4, -0.2) is 41.6 Å². The largest absolute Gasteiger partial charge is 0.373 e. The topological polar surface area (TPSA) is 41.1 Å². The van der Waals surface area contributed by atoms with Crippen molar-refractivity contribution in [3.63, 3.8) is 0 Å². The normalized spacial score (nSPS) is 19.4. The van der Waals surface area contributed by atoms with Crippen LogP contribution >= 0.6 is 11.8 Å². The first-order valence-corrected chi connectivity index (χ1v) is 7.25. The van der Waals surface area contributed by atoms with E-state index in [0.717, 1.165) is 18.1 Å². The lowest BCUT2D eigenvalue weighted by molar-refractivity contribution is 0.686. The molecule has 1 unspecified atom stereocenters. The predicted molar refractivity (Wildman–Crippen MR) is 75.1 cm³/mol. The average Bonchev–Trinajstić information content (AvgIpc) is 2.90. The van der Waals surface area contributed by atoms with E-state index in [1.807, 2.05) is 18.8 Å². The molecule has 0 bridgehead atoms. The fourth-order valence-corrected chi connectivity index (χ4v) is 3.52. The second-order valence-corrected chi connectivity index (χ2v) is 5.41. The van der Waals surface area contributed by atoms with Gasteiger partial charge in [-0.15, -0.1) is 0 Å². The molecule has 17 heavy (non-hydrogen) atoms. The van der Waals surface area contributed by atoms with Gasteiger partial charge in [0.25, 0.3) is 0 Å². The highest BCUT2D eigenvalue weighted by atomic mass is 32.2. The Kier molecular flexibility index (Phi) is 4.10. The van der Waals surface area contributed by atoms with Crippen molar-refractivity contribution in [3.05, 3.63) is 11.9 Å². The van der Waals surface area contributed by atoms with Crippen LogP contribution in [0.5, 0.6) is 0 Å². The maximum atomic E-state index is 4.47. The molecule has 0 saturated carbocycles. The summed E-state index contributed by atoms with van der Waals surface area (Å²) >= 11 is 2.03. The number of aromatic nitrogens is 2. The van der Waals surface area contributed by atoms with Crippen molar-refractivity contribution in [3.8, 4) is 0 Å². The van der Waals surface area contributed by atoms with E-state index in [9.17, 15) is 0 Å². The highest BCUT2D eigenvalue weighted by Crippen LogP contribution is 2.29. The summed E-state index contributed by atoms with van der Waals surface area (Å²) in [5.41, 5.74) is 1.22. The lowest BCUT2D eigenvalue weighted by atomic mass is 10.1. The van der Waals surface area contributed by atoms with Gasteiger partial charge in [0.05, 0.1) is 0 Å². The predicted octanol–water partition coefficient (Wildman–Crippen LogP) is 2.02. The van der Waals surface area contributed by atoms with E-state index in [1.54, 1.807) is 6.33 Å². The zero-order valence-corrected chi connectivity index (χ0v) is 11.5. The number of hydrogen-bond acceptors (Lipinski definition) is 5. The summed E-state index contributed by atoms with van der Waals surface area (Å²) < 4.78 is 0. The quantitative estimate of drug-likeness (QED) is 0.888. The summed E-state index contributed by atoms with van der Waals surface area (Å²) in [5.74, 6) is 4.51. The number of nitrogens with zero attached hydrogens (tertiary/aromatic N) is 3. The maximum Gasteiger partial charge on any atom is 0.137 e. The van der Waals surface area contributed by atoms with Gasteiger partial charge in [0, 0.05) is 31.5 Å². The molecule has 94 valence electrons. The Balaban J connectivity index is 2.29. The number of anilines is 2. The minimum atomic E-state index is 0.616. The van der Waals surface area contributed by atoms with Crippen LogP contribution in [0.2, 0.25) is 0 Å². The van der Waals surface area contributed by atoms with Gasteiger partial charge in [0.15, 0.2) is 0 Å². The van der Waals surface area contributed by atoms with Gasteiger partial charge in [-0.2, -0.15) is 11.8 Å². The Labute approximate surface area is 107 Å². The molecule has 1 aliphatic heterocycles. The summed E-state index contributed by atoms with van der Waals surface area (Å²) in [4.78, 5) is 11.1. The number of rotatable bonds is 4. The monoisotopic (exact) mass is 252 g/mol. The van der Waals surface area contributed by atoms with E-state index in [0.29, 0.717) is 6.04 Å². The number of hydrogen-bond donors (Lipinski definition) is 1. The molecule has 0 aromatic carbocycles. The summed E-state index contributed by atoms with van der Waals surface area (Å²) in [6, 6.07) is 0.616. The van der Waals surface area contributed by atoms with Gasteiger partial charge < -0.3 is 10.2 Å². The molecule has 1 N–H and O–H groups in total. The van der Waals surface area contributed by atoms with E-state index in [2.05, 4.69) is 34.2 Å². The fraction of sp³-hybridized carbons (Fsp3) is 0.667. The molecule has 1 aromatic heterocycles. The summed E-state index contributed by atoms with van der Waals surface area (Å²) in [7, 11) is 4.06. The minimum Gasteiger partial charge on any atom is -0.373 e. The van der Waals surface area contributed by atoms with Crippen LogP contribution in [0.4, 0.5) is 11.6 Å². The highest BCUT2D eigenvalue weighted by Gasteiger charge is 2.23. The first-order valence-electron chi connectivity index (χ1n) is 6.10. The van der Waals surface area contributed by atoms with Gasteiger partial charge in [0.2, 0.25) is 0 Å². The van der Waals surface area contributed by atoms with Crippen molar-refractivity contribution in [2.75, 3.05) is 35.8 Å². The van der Waals surface area contributed by atoms with Crippen LogP contribution in [0.25, 0.3) is 0 Å². The van der Waals surface area contributed by atoms with E-state index < -0.39 is 0 Å². The lowest BCUT2D eigenvalue weighted by Gasteiger charge is -2.27. The van der Waals surface area contributed by atoms with Gasteiger partial charge in [-0.05, 0) is 18.6 Å². The molecule has 5 heteroatoms. The van der Waals surface area contributed by atoms with Gasteiger partial charge in [0.1, 0.15) is 18.0 Å². The van der Waals surface area contributed by atoms with Crippen LogP contribution < -0.4 is 10.2 Å². The molecule has 1 aliphatic rings. The minimum absolute atomic E-state index is 0.616. The molecule has 2 heterocycles.